The zero-order chi connectivity index (χ0) is 12.3. The van der Waals surface area contributed by atoms with Crippen LogP contribution in [0.5, 0.6) is 5.75 Å². The first-order chi connectivity index (χ1) is 8.20. The van der Waals surface area contributed by atoms with Crippen molar-refractivity contribution >= 4 is 11.6 Å². The molecule has 17 heavy (non-hydrogen) atoms. The summed E-state index contributed by atoms with van der Waals surface area (Å²) in [6.07, 6.45) is 0. The van der Waals surface area contributed by atoms with Crippen LogP contribution in [0.2, 0.25) is 0 Å². The van der Waals surface area contributed by atoms with Gasteiger partial charge in [-0.3, -0.25) is 0 Å². The predicted octanol–water partition coefficient (Wildman–Crippen LogP) is 3.44. The molecule has 0 aliphatic heterocycles. The van der Waals surface area contributed by atoms with Crippen LogP contribution in [-0.4, -0.2) is 16.7 Å². The van der Waals surface area contributed by atoms with E-state index in [4.69, 9.17) is 20.9 Å². The van der Waals surface area contributed by atoms with Gasteiger partial charge < -0.3 is 9.26 Å². The number of hydrogen-bond acceptors (Lipinski definition) is 4. The molecule has 0 amide bonds. The molecule has 90 valence electrons. The highest BCUT2D eigenvalue weighted by Crippen LogP contribution is 2.23. The van der Waals surface area contributed by atoms with Crippen LogP contribution in [-0.2, 0) is 0 Å². The Hall–Kier alpha value is -1.55. The number of ether oxygens (including phenoxy) is 1. The number of rotatable bonds is 4. The first-order valence-corrected chi connectivity index (χ1v) is 5.85. The number of halogens is 1. The topological polar surface area (TPSA) is 48.2 Å². The van der Waals surface area contributed by atoms with E-state index in [1.807, 2.05) is 31.2 Å². The van der Waals surface area contributed by atoms with Gasteiger partial charge in [0.05, 0.1) is 12.0 Å². The molecule has 1 aromatic heterocycles. The van der Waals surface area contributed by atoms with E-state index in [9.17, 15) is 0 Å². The molecule has 0 saturated heterocycles. The van der Waals surface area contributed by atoms with Gasteiger partial charge >= 0.3 is 0 Å². The summed E-state index contributed by atoms with van der Waals surface area (Å²) in [6, 6.07) is 7.49. The van der Waals surface area contributed by atoms with Crippen molar-refractivity contribution in [2.45, 2.75) is 19.2 Å². The SMILES string of the molecule is CCOc1ccc(-c2nc(C(C)Cl)no2)cc1. The van der Waals surface area contributed by atoms with Crippen LogP contribution < -0.4 is 4.74 Å². The van der Waals surface area contributed by atoms with Crippen molar-refractivity contribution < 1.29 is 9.26 Å². The quantitative estimate of drug-likeness (QED) is 0.782. The highest BCUT2D eigenvalue weighted by atomic mass is 35.5. The van der Waals surface area contributed by atoms with Crippen LogP contribution in [0.15, 0.2) is 28.8 Å². The van der Waals surface area contributed by atoms with Gasteiger partial charge in [-0.15, -0.1) is 11.6 Å². The monoisotopic (exact) mass is 252 g/mol. The number of nitrogens with zero attached hydrogens (tertiary/aromatic N) is 2. The molecule has 1 aromatic carbocycles. The van der Waals surface area contributed by atoms with Crippen LogP contribution in [0.4, 0.5) is 0 Å². The van der Waals surface area contributed by atoms with E-state index >= 15 is 0 Å². The molecule has 2 aromatic rings. The van der Waals surface area contributed by atoms with Crippen LogP contribution >= 0.6 is 11.6 Å². The van der Waals surface area contributed by atoms with Crippen LogP contribution in [0.1, 0.15) is 25.0 Å². The Morgan fingerprint density at radius 1 is 1.35 bits per heavy atom. The Balaban J connectivity index is 2.21. The second kappa shape index (κ2) is 5.19. The lowest BCUT2D eigenvalue weighted by Gasteiger charge is -2.02. The summed E-state index contributed by atoms with van der Waals surface area (Å²) in [5.41, 5.74) is 0.851. The molecule has 1 atom stereocenters. The Kier molecular flexibility index (Phi) is 3.64. The smallest absolute Gasteiger partial charge is 0.257 e. The maximum atomic E-state index is 5.87. The summed E-state index contributed by atoms with van der Waals surface area (Å²) in [7, 11) is 0. The molecule has 0 saturated carbocycles. The van der Waals surface area contributed by atoms with Gasteiger partial charge in [0.15, 0.2) is 5.82 Å². The molecule has 0 N–H and O–H groups in total. The molecule has 5 heteroatoms. The molecule has 2 rings (SSSR count). The lowest BCUT2D eigenvalue weighted by atomic mass is 10.2. The third kappa shape index (κ3) is 2.77. The Labute approximate surface area is 105 Å². The van der Waals surface area contributed by atoms with E-state index in [1.54, 1.807) is 6.92 Å². The summed E-state index contributed by atoms with van der Waals surface area (Å²) >= 11 is 5.87. The molecular weight excluding hydrogens is 240 g/mol. The minimum atomic E-state index is -0.254. The van der Waals surface area contributed by atoms with E-state index in [2.05, 4.69) is 10.1 Å². The summed E-state index contributed by atoms with van der Waals surface area (Å²) in [5, 5.41) is 3.55. The standard InChI is InChI=1S/C12H13ClN2O2/c1-3-16-10-6-4-9(5-7-10)12-14-11(8(2)13)15-17-12/h4-8H,3H2,1-2H3. The van der Waals surface area contributed by atoms with E-state index in [1.165, 1.54) is 0 Å². The summed E-state index contributed by atoms with van der Waals surface area (Å²) in [5.74, 6) is 1.79. The van der Waals surface area contributed by atoms with E-state index < -0.39 is 0 Å². The first-order valence-electron chi connectivity index (χ1n) is 5.41. The fourth-order valence-electron chi connectivity index (χ4n) is 1.37. The lowest BCUT2D eigenvalue weighted by molar-refractivity contribution is 0.340. The van der Waals surface area contributed by atoms with Gasteiger partial charge in [-0.05, 0) is 38.1 Å². The number of benzene rings is 1. The van der Waals surface area contributed by atoms with Crippen molar-refractivity contribution in [3.8, 4) is 17.2 Å². The van der Waals surface area contributed by atoms with E-state index in [0.717, 1.165) is 11.3 Å². The van der Waals surface area contributed by atoms with Crippen molar-refractivity contribution in [3.05, 3.63) is 30.1 Å². The fourth-order valence-corrected chi connectivity index (χ4v) is 1.46. The highest BCUT2D eigenvalue weighted by molar-refractivity contribution is 6.20. The van der Waals surface area contributed by atoms with E-state index in [0.29, 0.717) is 18.3 Å². The van der Waals surface area contributed by atoms with Crippen molar-refractivity contribution in [2.24, 2.45) is 0 Å². The largest absolute Gasteiger partial charge is 0.494 e. The van der Waals surface area contributed by atoms with Crippen molar-refractivity contribution in [3.63, 3.8) is 0 Å². The van der Waals surface area contributed by atoms with Gasteiger partial charge in [-0.25, -0.2) is 0 Å². The fraction of sp³-hybridized carbons (Fsp3) is 0.333. The van der Waals surface area contributed by atoms with Crippen LogP contribution in [0.25, 0.3) is 11.5 Å². The molecule has 0 bridgehead atoms. The maximum absolute atomic E-state index is 5.87. The van der Waals surface area contributed by atoms with Crippen LogP contribution in [0.3, 0.4) is 0 Å². The average Bonchev–Trinajstić information content (AvgIpc) is 2.80. The molecule has 1 unspecified atom stereocenters. The minimum absolute atomic E-state index is 0.254. The Morgan fingerprint density at radius 2 is 2.06 bits per heavy atom. The number of alkyl halides is 1. The van der Waals surface area contributed by atoms with Crippen molar-refractivity contribution in [1.82, 2.24) is 10.1 Å². The summed E-state index contributed by atoms with van der Waals surface area (Å²) in [6.45, 7) is 4.39. The van der Waals surface area contributed by atoms with Crippen LogP contribution in [0, 0.1) is 0 Å². The number of hydrogen-bond donors (Lipinski definition) is 0. The lowest BCUT2D eigenvalue weighted by Crippen LogP contribution is -1.90. The molecule has 0 aliphatic rings. The molecular formula is C12H13ClN2O2. The van der Waals surface area contributed by atoms with Crippen molar-refractivity contribution in [1.29, 1.82) is 0 Å². The zero-order valence-electron chi connectivity index (χ0n) is 9.68. The molecule has 0 aliphatic carbocycles. The summed E-state index contributed by atoms with van der Waals surface area (Å²) in [4.78, 5) is 4.21. The Bertz CT molecular complexity index is 480. The number of aromatic nitrogens is 2. The van der Waals surface area contributed by atoms with Gasteiger partial charge in [0.1, 0.15) is 5.75 Å². The van der Waals surface area contributed by atoms with Gasteiger partial charge in [-0.1, -0.05) is 5.16 Å². The third-order valence-electron chi connectivity index (χ3n) is 2.21. The highest BCUT2D eigenvalue weighted by Gasteiger charge is 2.12. The van der Waals surface area contributed by atoms with Gasteiger partial charge in [-0.2, -0.15) is 4.98 Å². The molecule has 0 radical (unpaired) electrons. The second-order valence-corrected chi connectivity index (χ2v) is 4.19. The van der Waals surface area contributed by atoms with E-state index in [-0.39, 0.29) is 5.38 Å². The van der Waals surface area contributed by atoms with Gasteiger partial charge in [0.25, 0.3) is 5.89 Å². The normalized spacial score (nSPS) is 12.4. The van der Waals surface area contributed by atoms with Gasteiger partial charge in [0.2, 0.25) is 0 Å². The third-order valence-corrected chi connectivity index (χ3v) is 2.40. The first kappa shape index (κ1) is 11.9. The Morgan fingerprint density at radius 3 is 2.59 bits per heavy atom. The molecule has 1 heterocycles. The minimum Gasteiger partial charge on any atom is -0.494 e. The molecule has 4 nitrogen and oxygen atoms in total. The maximum Gasteiger partial charge on any atom is 0.257 e. The molecule has 0 spiro atoms. The second-order valence-electron chi connectivity index (χ2n) is 3.53. The van der Waals surface area contributed by atoms with Gasteiger partial charge in [0, 0.05) is 5.56 Å². The summed E-state index contributed by atoms with van der Waals surface area (Å²) < 4.78 is 10.5. The predicted molar refractivity (Wildman–Crippen MR) is 65.2 cm³/mol. The zero-order valence-corrected chi connectivity index (χ0v) is 10.4. The average molecular weight is 253 g/mol. The molecule has 0 fully saturated rings. The van der Waals surface area contributed by atoms with Crippen molar-refractivity contribution in [2.75, 3.05) is 6.61 Å².